The predicted molar refractivity (Wildman–Crippen MR) is 104 cm³/mol. The minimum atomic E-state index is 0.264. The molecule has 1 aliphatic heterocycles. The fourth-order valence-electron chi connectivity index (χ4n) is 2.88. The highest BCUT2D eigenvalue weighted by molar-refractivity contribution is 5.60. The van der Waals surface area contributed by atoms with E-state index < -0.39 is 0 Å². The van der Waals surface area contributed by atoms with Crippen LogP contribution in [0.2, 0.25) is 0 Å². The molecule has 3 rings (SSSR count). The van der Waals surface area contributed by atoms with Crippen LogP contribution in [0, 0.1) is 0 Å². The van der Waals surface area contributed by atoms with E-state index in [1.165, 1.54) is 0 Å². The molecule has 0 spiro atoms. The van der Waals surface area contributed by atoms with Gasteiger partial charge in [-0.2, -0.15) is 4.98 Å². The first-order valence-corrected chi connectivity index (χ1v) is 9.25. The number of anilines is 2. The molecule has 1 atom stereocenters. The van der Waals surface area contributed by atoms with E-state index in [1.807, 2.05) is 24.3 Å². The number of aromatic nitrogens is 3. The van der Waals surface area contributed by atoms with E-state index in [4.69, 9.17) is 4.74 Å². The lowest BCUT2D eigenvalue weighted by Crippen LogP contribution is -2.20. The van der Waals surface area contributed by atoms with E-state index in [0.29, 0.717) is 5.95 Å². The van der Waals surface area contributed by atoms with Gasteiger partial charge in [-0.3, -0.25) is 4.98 Å². The lowest BCUT2D eigenvalue weighted by molar-refractivity contribution is 0.120. The van der Waals surface area contributed by atoms with E-state index in [9.17, 15) is 0 Å². The zero-order valence-electron chi connectivity index (χ0n) is 15.6. The standard InChI is InChI=1S/C19H28N6O/c1-25(2)11-6-10-21-19-23-17(16-8-3-4-9-20-16)13-18(24-19)22-14-15-7-5-12-26-15/h3-4,8-9,13,15H,5-7,10-12,14H2,1-2H3,(H2,21,22,23,24)/t15-/m1/s1. The number of nitrogens with one attached hydrogen (secondary N) is 2. The molecule has 7 nitrogen and oxygen atoms in total. The quantitative estimate of drug-likeness (QED) is 0.669. The van der Waals surface area contributed by atoms with Gasteiger partial charge in [-0.25, -0.2) is 4.98 Å². The molecule has 2 aromatic rings. The molecular formula is C19H28N6O. The summed E-state index contributed by atoms with van der Waals surface area (Å²) in [6.45, 7) is 3.47. The van der Waals surface area contributed by atoms with Gasteiger partial charge < -0.3 is 20.3 Å². The fraction of sp³-hybridized carbons (Fsp3) is 0.526. The smallest absolute Gasteiger partial charge is 0.225 e. The molecule has 1 aliphatic rings. The molecule has 0 radical (unpaired) electrons. The van der Waals surface area contributed by atoms with E-state index >= 15 is 0 Å². The third kappa shape index (κ3) is 5.64. The highest BCUT2D eigenvalue weighted by Crippen LogP contribution is 2.20. The highest BCUT2D eigenvalue weighted by Gasteiger charge is 2.16. The summed E-state index contributed by atoms with van der Waals surface area (Å²) in [6, 6.07) is 7.78. The maximum Gasteiger partial charge on any atom is 0.225 e. The van der Waals surface area contributed by atoms with Gasteiger partial charge >= 0.3 is 0 Å². The van der Waals surface area contributed by atoms with Crippen molar-refractivity contribution in [3.8, 4) is 11.4 Å². The van der Waals surface area contributed by atoms with Crippen molar-refractivity contribution in [2.75, 3.05) is 51.0 Å². The molecule has 0 aliphatic carbocycles. The number of hydrogen-bond donors (Lipinski definition) is 2. The number of pyridine rings is 1. The number of nitrogens with zero attached hydrogens (tertiary/aromatic N) is 4. The molecule has 0 saturated carbocycles. The molecule has 26 heavy (non-hydrogen) atoms. The van der Waals surface area contributed by atoms with Crippen LogP contribution in [0.15, 0.2) is 30.5 Å². The molecule has 7 heteroatoms. The maximum absolute atomic E-state index is 5.68. The highest BCUT2D eigenvalue weighted by atomic mass is 16.5. The van der Waals surface area contributed by atoms with Crippen molar-refractivity contribution in [1.29, 1.82) is 0 Å². The lowest BCUT2D eigenvalue weighted by atomic mass is 10.2. The van der Waals surface area contributed by atoms with Gasteiger partial charge in [0.1, 0.15) is 5.82 Å². The SMILES string of the molecule is CN(C)CCCNc1nc(NC[C@H]2CCCO2)cc(-c2ccccn2)n1. The second-order valence-electron chi connectivity index (χ2n) is 6.78. The van der Waals surface area contributed by atoms with Crippen LogP contribution in [0.4, 0.5) is 11.8 Å². The second kappa shape index (κ2) is 9.45. The van der Waals surface area contributed by atoms with Crippen LogP contribution in [0.1, 0.15) is 19.3 Å². The summed E-state index contributed by atoms with van der Waals surface area (Å²) >= 11 is 0. The van der Waals surface area contributed by atoms with Crippen LogP contribution in [0.5, 0.6) is 0 Å². The van der Waals surface area contributed by atoms with Crippen molar-refractivity contribution in [2.45, 2.75) is 25.4 Å². The first kappa shape index (κ1) is 18.5. The minimum absolute atomic E-state index is 0.264. The van der Waals surface area contributed by atoms with Crippen molar-refractivity contribution in [1.82, 2.24) is 19.9 Å². The van der Waals surface area contributed by atoms with Crippen molar-refractivity contribution in [3.63, 3.8) is 0 Å². The van der Waals surface area contributed by atoms with Crippen LogP contribution in [-0.2, 0) is 4.74 Å². The molecule has 0 unspecified atom stereocenters. The molecule has 1 saturated heterocycles. The Morgan fingerprint density at radius 1 is 1.19 bits per heavy atom. The summed E-state index contributed by atoms with van der Waals surface area (Å²) < 4.78 is 5.68. The second-order valence-corrected chi connectivity index (χ2v) is 6.78. The Morgan fingerprint density at radius 3 is 2.85 bits per heavy atom. The molecule has 140 valence electrons. The Hall–Kier alpha value is -2.25. The Morgan fingerprint density at radius 2 is 2.12 bits per heavy atom. The third-order valence-corrected chi connectivity index (χ3v) is 4.25. The van der Waals surface area contributed by atoms with Crippen molar-refractivity contribution in [3.05, 3.63) is 30.5 Å². The summed E-state index contributed by atoms with van der Waals surface area (Å²) in [4.78, 5) is 15.8. The third-order valence-electron chi connectivity index (χ3n) is 4.25. The van der Waals surface area contributed by atoms with Crippen molar-refractivity contribution in [2.24, 2.45) is 0 Å². The van der Waals surface area contributed by atoms with E-state index in [2.05, 4.69) is 44.6 Å². The van der Waals surface area contributed by atoms with Gasteiger partial charge in [0.25, 0.3) is 0 Å². The lowest BCUT2D eigenvalue weighted by Gasteiger charge is -2.14. The Balaban J connectivity index is 1.70. The Kier molecular flexibility index (Phi) is 6.74. The van der Waals surface area contributed by atoms with E-state index in [0.717, 1.165) is 62.7 Å². The average molecular weight is 356 g/mol. The summed E-state index contributed by atoms with van der Waals surface area (Å²) in [5.74, 6) is 1.42. The summed E-state index contributed by atoms with van der Waals surface area (Å²) in [5, 5.41) is 6.72. The molecule has 2 aromatic heterocycles. The topological polar surface area (TPSA) is 75.2 Å². The predicted octanol–water partition coefficient (Wildman–Crippen LogP) is 2.49. The largest absolute Gasteiger partial charge is 0.376 e. The molecule has 0 aromatic carbocycles. The van der Waals surface area contributed by atoms with Crippen LogP contribution >= 0.6 is 0 Å². The van der Waals surface area contributed by atoms with E-state index in [1.54, 1.807) is 6.20 Å². The van der Waals surface area contributed by atoms with Gasteiger partial charge in [0.2, 0.25) is 5.95 Å². The van der Waals surface area contributed by atoms with Gasteiger partial charge in [0.05, 0.1) is 17.5 Å². The van der Waals surface area contributed by atoms with Gasteiger partial charge in [0, 0.05) is 32.0 Å². The fourth-order valence-corrected chi connectivity index (χ4v) is 2.88. The monoisotopic (exact) mass is 356 g/mol. The van der Waals surface area contributed by atoms with Crippen LogP contribution in [0.25, 0.3) is 11.4 Å². The van der Waals surface area contributed by atoms with Gasteiger partial charge in [-0.15, -0.1) is 0 Å². The first-order valence-electron chi connectivity index (χ1n) is 9.25. The van der Waals surface area contributed by atoms with E-state index in [-0.39, 0.29) is 6.10 Å². The molecule has 3 heterocycles. The normalized spacial score (nSPS) is 16.8. The summed E-state index contributed by atoms with van der Waals surface area (Å²) in [7, 11) is 4.15. The molecule has 2 N–H and O–H groups in total. The van der Waals surface area contributed by atoms with Crippen LogP contribution < -0.4 is 10.6 Å². The van der Waals surface area contributed by atoms with Gasteiger partial charge in [-0.05, 0) is 52.0 Å². The number of rotatable bonds is 9. The average Bonchev–Trinajstić information content (AvgIpc) is 3.18. The molecule has 1 fully saturated rings. The van der Waals surface area contributed by atoms with Crippen molar-refractivity contribution < 1.29 is 4.74 Å². The number of ether oxygens (including phenoxy) is 1. The molecule has 0 amide bonds. The van der Waals surface area contributed by atoms with Gasteiger partial charge in [0.15, 0.2) is 0 Å². The zero-order chi connectivity index (χ0) is 18.2. The minimum Gasteiger partial charge on any atom is -0.376 e. The van der Waals surface area contributed by atoms with Gasteiger partial charge in [-0.1, -0.05) is 6.07 Å². The van der Waals surface area contributed by atoms with Crippen LogP contribution in [0.3, 0.4) is 0 Å². The first-order chi connectivity index (χ1) is 12.7. The summed E-state index contributed by atoms with van der Waals surface area (Å²) in [5.41, 5.74) is 1.65. The van der Waals surface area contributed by atoms with Crippen LogP contribution in [-0.4, -0.2) is 66.3 Å². The Labute approximate surface area is 155 Å². The summed E-state index contributed by atoms with van der Waals surface area (Å²) in [6.07, 6.45) is 5.30. The zero-order valence-corrected chi connectivity index (χ0v) is 15.6. The maximum atomic E-state index is 5.68. The van der Waals surface area contributed by atoms with Crippen molar-refractivity contribution >= 4 is 11.8 Å². The molecular weight excluding hydrogens is 328 g/mol. The molecule has 0 bridgehead atoms. The Bertz CT molecular complexity index is 673. The number of hydrogen-bond acceptors (Lipinski definition) is 7.